The molecular formula is C14H16ClN3. The molecule has 3 nitrogen and oxygen atoms in total. The highest BCUT2D eigenvalue weighted by atomic mass is 35.5. The lowest BCUT2D eigenvalue weighted by atomic mass is 9.97. The molecule has 0 spiro atoms. The van der Waals surface area contributed by atoms with Crippen molar-refractivity contribution in [3.8, 4) is 0 Å². The minimum atomic E-state index is -0.261. The lowest BCUT2D eigenvalue weighted by Gasteiger charge is -2.16. The van der Waals surface area contributed by atoms with E-state index in [0.717, 1.165) is 28.9 Å². The molecule has 1 unspecified atom stereocenters. The Morgan fingerprint density at radius 1 is 1.22 bits per heavy atom. The van der Waals surface area contributed by atoms with E-state index in [1.807, 2.05) is 44.2 Å². The summed E-state index contributed by atoms with van der Waals surface area (Å²) in [6.45, 7) is 3.96. The van der Waals surface area contributed by atoms with Crippen LogP contribution in [0.5, 0.6) is 0 Å². The SMILES string of the molecule is CCc1nnc(C)cc1C(N)c1ccccc1Cl. The number of hydrogen-bond acceptors (Lipinski definition) is 3. The van der Waals surface area contributed by atoms with Gasteiger partial charge in [-0.25, -0.2) is 0 Å². The molecule has 0 saturated carbocycles. The van der Waals surface area contributed by atoms with Gasteiger partial charge in [0, 0.05) is 5.02 Å². The molecule has 0 radical (unpaired) electrons. The average Bonchev–Trinajstić information content (AvgIpc) is 2.38. The Bertz CT molecular complexity index is 554. The van der Waals surface area contributed by atoms with Crippen molar-refractivity contribution in [2.24, 2.45) is 5.73 Å². The van der Waals surface area contributed by atoms with Gasteiger partial charge in [-0.05, 0) is 36.6 Å². The third kappa shape index (κ3) is 2.52. The van der Waals surface area contributed by atoms with Gasteiger partial charge in [0.2, 0.25) is 0 Å². The van der Waals surface area contributed by atoms with E-state index in [4.69, 9.17) is 17.3 Å². The van der Waals surface area contributed by atoms with Gasteiger partial charge in [0.1, 0.15) is 0 Å². The Morgan fingerprint density at radius 3 is 2.61 bits per heavy atom. The number of nitrogens with two attached hydrogens (primary N) is 1. The maximum atomic E-state index is 6.31. The summed E-state index contributed by atoms with van der Waals surface area (Å²) in [4.78, 5) is 0. The van der Waals surface area contributed by atoms with Crippen LogP contribution in [0.3, 0.4) is 0 Å². The highest BCUT2D eigenvalue weighted by molar-refractivity contribution is 6.31. The van der Waals surface area contributed by atoms with Gasteiger partial charge < -0.3 is 5.73 Å². The Kier molecular flexibility index (Phi) is 3.94. The van der Waals surface area contributed by atoms with Crippen LogP contribution in [0.25, 0.3) is 0 Å². The van der Waals surface area contributed by atoms with E-state index in [2.05, 4.69) is 10.2 Å². The molecule has 2 N–H and O–H groups in total. The molecule has 0 amide bonds. The van der Waals surface area contributed by atoms with Crippen molar-refractivity contribution < 1.29 is 0 Å². The van der Waals surface area contributed by atoms with Crippen LogP contribution in [0.4, 0.5) is 0 Å². The Balaban J connectivity index is 2.48. The molecule has 2 rings (SSSR count). The second-order valence-electron chi connectivity index (χ2n) is 4.24. The predicted octanol–water partition coefficient (Wildman–Crippen LogP) is 3.05. The normalized spacial score (nSPS) is 12.4. The van der Waals surface area contributed by atoms with Crippen LogP contribution in [-0.4, -0.2) is 10.2 Å². The Hall–Kier alpha value is -1.45. The van der Waals surface area contributed by atoms with Crippen molar-refractivity contribution in [2.75, 3.05) is 0 Å². The van der Waals surface area contributed by atoms with Crippen LogP contribution in [0, 0.1) is 6.92 Å². The van der Waals surface area contributed by atoms with Crippen LogP contribution in [0.15, 0.2) is 30.3 Å². The number of aromatic nitrogens is 2. The topological polar surface area (TPSA) is 51.8 Å². The van der Waals surface area contributed by atoms with E-state index in [0.29, 0.717) is 5.02 Å². The van der Waals surface area contributed by atoms with Gasteiger partial charge in [0.25, 0.3) is 0 Å². The van der Waals surface area contributed by atoms with Gasteiger partial charge in [0.15, 0.2) is 0 Å². The van der Waals surface area contributed by atoms with Crippen molar-refractivity contribution in [2.45, 2.75) is 26.3 Å². The lowest BCUT2D eigenvalue weighted by molar-refractivity contribution is 0.790. The summed E-state index contributed by atoms with van der Waals surface area (Å²) in [5, 5.41) is 8.95. The van der Waals surface area contributed by atoms with E-state index in [1.54, 1.807) is 0 Å². The van der Waals surface area contributed by atoms with Crippen LogP contribution in [0.2, 0.25) is 5.02 Å². The lowest BCUT2D eigenvalue weighted by Crippen LogP contribution is -2.16. The molecule has 0 fully saturated rings. The van der Waals surface area contributed by atoms with Crippen LogP contribution in [-0.2, 0) is 6.42 Å². The summed E-state index contributed by atoms with van der Waals surface area (Å²) in [5.74, 6) is 0. The number of hydrogen-bond donors (Lipinski definition) is 1. The summed E-state index contributed by atoms with van der Waals surface area (Å²) < 4.78 is 0. The summed E-state index contributed by atoms with van der Waals surface area (Å²) in [5.41, 5.74) is 10.0. The van der Waals surface area contributed by atoms with Gasteiger partial charge in [-0.2, -0.15) is 10.2 Å². The fourth-order valence-electron chi connectivity index (χ4n) is 1.97. The quantitative estimate of drug-likeness (QED) is 0.924. The minimum absolute atomic E-state index is 0.261. The van der Waals surface area contributed by atoms with E-state index in [9.17, 15) is 0 Å². The first-order chi connectivity index (χ1) is 8.63. The first-order valence-electron chi connectivity index (χ1n) is 5.96. The molecule has 0 aliphatic carbocycles. The maximum Gasteiger partial charge on any atom is 0.0679 e. The molecule has 4 heteroatoms. The summed E-state index contributed by atoms with van der Waals surface area (Å²) >= 11 is 6.19. The van der Waals surface area contributed by atoms with E-state index < -0.39 is 0 Å². The molecule has 1 aromatic heterocycles. The van der Waals surface area contributed by atoms with Crippen LogP contribution in [0.1, 0.15) is 35.5 Å². The van der Waals surface area contributed by atoms with Gasteiger partial charge in [-0.3, -0.25) is 0 Å². The van der Waals surface area contributed by atoms with E-state index >= 15 is 0 Å². The van der Waals surface area contributed by atoms with Crippen molar-refractivity contribution >= 4 is 11.6 Å². The fourth-order valence-corrected chi connectivity index (χ4v) is 2.23. The fraction of sp³-hybridized carbons (Fsp3) is 0.286. The maximum absolute atomic E-state index is 6.31. The third-order valence-electron chi connectivity index (χ3n) is 2.94. The molecule has 1 heterocycles. The summed E-state index contributed by atoms with van der Waals surface area (Å²) in [6.07, 6.45) is 0.806. The van der Waals surface area contributed by atoms with Gasteiger partial charge in [-0.1, -0.05) is 36.7 Å². The number of halogens is 1. The zero-order valence-corrected chi connectivity index (χ0v) is 11.3. The predicted molar refractivity (Wildman–Crippen MR) is 73.6 cm³/mol. The van der Waals surface area contributed by atoms with Crippen molar-refractivity contribution in [3.63, 3.8) is 0 Å². The molecule has 18 heavy (non-hydrogen) atoms. The van der Waals surface area contributed by atoms with Crippen molar-refractivity contribution in [3.05, 3.63) is 57.9 Å². The Morgan fingerprint density at radius 2 is 1.94 bits per heavy atom. The molecule has 0 saturated heterocycles. The standard InChI is InChI=1S/C14H16ClN3/c1-3-13-11(8-9(2)17-18-13)14(16)10-6-4-5-7-12(10)15/h4-8,14H,3,16H2,1-2H3. The highest BCUT2D eigenvalue weighted by Gasteiger charge is 2.16. The van der Waals surface area contributed by atoms with Gasteiger partial charge in [0.05, 0.1) is 17.4 Å². The van der Waals surface area contributed by atoms with Crippen molar-refractivity contribution in [1.29, 1.82) is 0 Å². The molecule has 2 aromatic rings. The second kappa shape index (κ2) is 5.46. The van der Waals surface area contributed by atoms with Crippen LogP contribution >= 0.6 is 11.6 Å². The average molecular weight is 262 g/mol. The van der Waals surface area contributed by atoms with Crippen LogP contribution < -0.4 is 5.73 Å². The molecule has 0 aliphatic heterocycles. The third-order valence-corrected chi connectivity index (χ3v) is 3.28. The number of benzene rings is 1. The molecule has 94 valence electrons. The number of aryl methyl sites for hydroxylation is 2. The molecule has 1 atom stereocenters. The van der Waals surface area contributed by atoms with Crippen molar-refractivity contribution in [1.82, 2.24) is 10.2 Å². The first-order valence-corrected chi connectivity index (χ1v) is 6.34. The van der Waals surface area contributed by atoms with E-state index in [1.165, 1.54) is 0 Å². The summed E-state index contributed by atoms with van der Waals surface area (Å²) in [7, 11) is 0. The molecular weight excluding hydrogens is 246 g/mol. The minimum Gasteiger partial charge on any atom is -0.320 e. The Labute approximate surface area is 112 Å². The van der Waals surface area contributed by atoms with Gasteiger partial charge >= 0.3 is 0 Å². The summed E-state index contributed by atoms with van der Waals surface area (Å²) in [6, 6.07) is 9.36. The second-order valence-corrected chi connectivity index (χ2v) is 4.65. The molecule has 0 bridgehead atoms. The smallest absolute Gasteiger partial charge is 0.0679 e. The molecule has 1 aromatic carbocycles. The highest BCUT2D eigenvalue weighted by Crippen LogP contribution is 2.27. The zero-order chi connectivity index (χ0) is 13.1. The number of nitrogens with zero attached hydrogens (tertiary/aromatic N) is 2. The molecule has 0 aliphatic rings. The largest absolute Gasteiger partial charge is 0.320 e. The monoisotopic (exact) mass is 261 g/mol. The van der Waals surface area contributed by atoms with Gasteiger partial charge in [-0.15, -0.1) is 0 Å². The zero-order valence-electron chi connectivity index (χ0n) is 10.5. The van der Waals surface area contributed by atoms with E-state index in [-0.39, 0.29) is 6.04 Å². The first kappa shape index (κ1) is 13.0. The number of rotatable bonds is 3.